The summed E-state index contributed by atoms with van der Waals surface area (Å²) in [5, 5.41) is 13.5. The normalized spacial score (nSPS) is 13.8. The van der Waals surface area contributed by atoms with Crippen molar-refractivity contribution in [1.82, 2.24) is 5.32 Å². The Balaban J connectivity index is 1.81. The minimum atomic E-state index is -0.540. The summed E-state index contributed by atoms with van der Waals surface area (Å²) in [5.74, 6) is 1.26. The van der Waals surface area contributed by atoms with Crippen molar-refractivity contribution in [3.8, 4) is 5.75 Å². The SMILES string of the molecule is CC(C)c1ccccc1OC[C@@H](O)CN[C@@H](C)c1ccccc1. The van der Waals surface area contributed by atoms with E-state index in [1.54, 1.807) is 0 Å². The van der Waals surface area contributed by atoms with Crippen molar-refractivity contribution in [2.75, 3.05) is 13.2 Å². The summed E-state index contributed by atoms with van der Waals surface area (Å²) >= 11 is 0. The van der Waals surface area contributed by atoms with Gasteiger partial charge >= 0.3 is 0 Å². The molecular weight excluding hydrogens is 286 g/mol. The Morgan fingerprint density at radius 1 is 0.957 bits per heavy atom. The van der Waals surface area contributed by atoms with Crippen LogP contribution in [-0.4, -0.2) is 24.4 Å². The summed E-state index contributed by atoms with van der Waals surface area (Å²) in [7, 11) is 0. The van der Waals surface area contributed by atoms with Crippen LogP contribution in [0.3, 0.4) is 0 Å². The molecule has 0 saturated carbocycles. The lowest BCUT2D eigenvalue weighted by atomic mass is 10.0. The maximum Gasteiger partial charge on any atom is 0.122 e. The molecule has 0 saturated heterocycles. The van der Waals surface area contributed by atoms with Gasteiger partial charge in [0, 0.05) is 12.6 Å². The van der Waals surface area contributed by atoms with Crippen molar-refractivity contribution in [3.05, 3.63) is 65.7 Å². The first kappa shape index (κ1) is 17.5. The second-order valence-corrected chi connectivity index (χ2v) is 6.20. The summed E-state index contributed by atoms with van der Waals surface area (Å²) in [5.41, 5.74) is 2.39. The van der Waals surface area contributed by atoms with Gasteiger partial charge < -0.3 is 15.2 Å². The minimum Gasteiger partial charge on any atom is -0.491 e. The zero-order valence-electron chi connectivity index (χ0n) is 14.2. The standard InChI is InChI=1S/C20H27NO2/c1-15(2)19-11-7-8-12-20(19)23-14-18(22)13-21-16(3)17-9-5-4-6-10-17/h4-12,15-16,18,21-22H,13-14H2,1-3H3/t16-,18-/m0/s1. The number of para-hydroxylation sites is 1. The van der Waals surface area contributed by atoms with Gasteiger partial charge in [0.05, 0.1) is 0 Å². The molecule has 2 rings (SSSR count). The Hall–Kier alpha value is -1.84. The highest BCUT2D eigenvalue weighted by Crippen LogP contribution is 2.25. The van der Waals surface area contributed by atoms with E-state index >= 15 is 0 Å². The van der Waals surface area contributed by atoms with Gasteiger partial charge in [-0.15, -0.1) is 0 Å². The van der Waals surface area contributed by atoms with E-state index < -0.39 is 6.10 Å². The molecule has 3 nitrogen and oxygen atoms in total. The summed E-state index contributed by atoms with van der Waals surface area (Å²) in [6, 6.07) is 18.4. The van der Waals surface area contributed by atoms with Crippen LogP contribution in [0.2, 0.25) is 0 Å². The molecule has 0 aliphatic carbocycles. The number of hydrogen-bond donors (Lipinski definition) is 2. The Labute approximate surface area is 139 Å². The highest BCUT2D eigenvalue weighted by atomic mass is 16.5. The highest BCUT2D eigenvalue weighted by molar-refractivity contribution is 5.35. The van der Waals surface area contributed by atoms with Crippen molar-refractivity contribution < 1.29 is 9.84 Å². The first-order valence-electron chi connectivity index (χ1n) is 8.26. The maximum atomic E-state index is 10.1. The van der Waals surface area contributed by atoms with Gasteiger partial charge in [0.2, 0.25) is 0 Å². The fourth-order valence-corrected chi connectivity index (χ4v) is 2.51. The quantitative estimate of drug-likeness (QED) is 0.776. The maximum absolute atomic E-state index is 10.1. The van der Waals surface area contributed by atoms with Crippen molar-refractivity contribution in [3.63, 3.8) is 0 Å². The smallest absolute Gasteiger partial charge is 0.122 e. The van der Waals surface area contributed by atoms with E-state index in [1.807, 2.05) is 36.4 Å². The van der Waals surface area contributed by atoms with E-state index in [0.717, 1.165) is 5.75 Å². The zero-order valence-corrected chi connectivity index (χ0v) is 14.2. The lowest BCUT2D eigenvalue weighted by molar-refractivity contribution is 0.103. The summed E-state index contributed by atoms with van der Waals surface area (Å²) in [6.45, 7) is 7.17. The molecule has 3 heteroatoms. The fourth-order valence-electron chi connectivity index (χ4n) is 2.51. The monoisotopic (exact) mass is 313 g/mol. The van der Waals surface area contributed by atoms with Crippen LogP contribution in [0.25, 0.3) is 0 Å². The summed E-state index contributed by atoms with van der Waals surface area (Å²) in [6.07, 6.45) is -0.540. The first-order chi connectivity index (χ1) is 11.1. The topological polar surface area (TPSA) is 41.5 Å². The fraction of sp³-hybridized carbons (Fsp3) is 0.400. The molecule has 0 heterocycles. The van der Waals surface area contributed by atoms with Crippen LogP contribution in [0.5, 0.6) is 5.75 Å². The molecule has 2 aromatic rings. The number of ether oxygens (including phenoxy) is 1. The lowest BCUT2D eigenvalue weighted by Crippen LogP contribution is -2.33. The van der Waals surface area contributed by atoms with Gasteiger partial charge in [0.25, 0.3) is 0 Å². The van der Waals surface area contributed by atoms with Gasteiger partial charge in [-0.3, -0.25) is 0 Å². The molecule has 2 N–H and O–H groups in total. The van der Waals surface area contributed by atoms with Crippen LogP contribution in [0.4, 0.5) is 0 Å². The van der Waals surface area contributed by atoms with Crippen LogP contribution < -0.4 is 10.1 Å². The van der Waals surface area contributed by atoms with E-state index in [9.17, 15) is 5.11 Å². The Morgan fingerprint density at radius 3 is 2.30 bits per heavy atom. The molecule has 0 radical (unpaired) electrons. The number of hydrogen-bond acceptors (Lipinski definition) is 3. The van der Waals surface area contributed by atoms with E-state index in [4.69, 9.17) is 4.74 Å². The summed E-state index contributed by atoms with van der Waals surface area (Å²) in [4.78, 5) is 0. The molecule has 0 aliphatic rings. The van der Waals surface area contributed by atoms with Gasteiger partial charge in [-0.05, 0) is 30.0 Å². The van der Waals surface area contributed by atoms with Crippen molar-refractivity contribution >= 4 is 0 Å². The van der Waals surface area contributed by atoms with Crippen LogP contribution in [0, 0.1) is 0 Å². The molecule has 0 bridgehead atoms. The number of aliphatic hydroxyl groups is 1. The molecule has 0 fully saturated rings. The van der Waals surface area contributed by atoms with Gasteiger partial charge in [0.15, 0.2) is 0 Å². The predicted octanol–water partition coefficient (Wildman–Crippen LogP) is 3.90. The summed E-state index contributed by atoms with van der Waals surface area (Å²) < 4.78 is 5.81. The predicted molar refractivity (Wildman–Crippen MR) is 94.9 cm³/mol. The molecule has 23 heavy (non-hydrogen) atoms. The molecule has 0 aliphatic heterocycles. The second kappa shape index (κ2) is 8.70. The molecule has 124 valence electrons. The molecule has 2 aromatic carbocycles. The third kappa shape index (κ3) is 5.38. The highest BCUT2D eigenvalue weighted by Gasteiger charge is 2.11. The second-order valence-electron chi connectivity index (χ2n) is 6.20. The van der Waals surface area contributed by atoms with E-state index in [2.05, 4.69) is 44.3 Å². The van der Waals surface area contributed by atoms with Gasteiger partial charge in [-0.25, -0.2) is 0 Å². The third-order valence-corrected chi connectivity index (χ3v) is 3.93. The average molecular weight is 313 g/mol. The average Bonchev–Trinajstić information content (AvgIpc) is 2.58. The molecule has 0 spiro atoms. The van der Waals surface area contributed by atoms with E-state index in [1.165, 1.54) is 11.1 Å². The lowest BCUT2D eigenvalue weighted by Gasteiger charge is -2.19. The molecule has 0 amide bonds. The van der Waals surface area contributed by atoms with Crippen molar-refractivity contribution in [2.45, 2.75) is 38.8 Å². The Bertz CT molecular complexity index is 583. The number of benzene rings is 2. The first-order valence-corrected chi connectivity index (χ1v) is 8.26. The van der Waals surface area contributed by atoms with Crippen LogP contribution in [-0.2, 0) is 0 Å². The molecule has 0 aromatic heterocycles. The largest absolute Gasteiger partial charge is 0.491 e. The third-order valence-electron chi connectivity index (χ3n) is 3.93. The van der Waals surface area contributed by atoms with Crippen LogP contribution >= 0.6 is 0 Å². The number of nitrogens with one attached hydrogen (secondary N) is 1. The van der Waals surface area contributed by atoms with Crippen molar-refractivity contribution in [1.29, 1.82) is 0 Å². The Morgan fingerprint density at radius 2 is 1.61 bits per heavy atom. The Kier molecular flexibility index (Phi) is 6.63. The molecular formula is C20H27NO2. The van der Waals surface area contributed by atoms with Gasteiger partial charge in [-0.2, -0.15) is 0 Å². The van der Waals surface area contributed by atoms with E-state index in [-0.39, 0.29) is 12.6 Å². The van der Waals surface area contributed by atoms with E-state index in [0.29, 0.717) is 12.5 Å². The zero-order chi connectivity index (χ0) is 16.7. The van der Waals surface area contributed by atoms with Crippen LogP contribution in [0.15, 0.2) is 54.6 Å². The number of rotatable bonds is 8. The van der Waals surface area contributed by atoms with Crippen LogP contribution in [0.1, 0.15) is 43.9 Å². The number of aliphatic hydroxyl groups excluding tert-OH is 1. The van der Waals surface area contributed by atoms with Crippen molar-refractivity contribution in [2.24, 2.45) is 0 Å². The van der Waals surface area contributed by atoms with Gasteiger partial charge in [-0.1, -0.05) is 62.4 Å². The van der Waals surface area contributed by atoms with Gasteiger partial charge in [0.1, 0.15) is 18.5 Å². The molecule has 2 atom stereocenters. The minimum absolute atomic E-state index is 0.203. The molecule has 0 unspecified atom stereocenters.